The van der Waals surface area contributed by atoms with E-state index in [1.54, 1.807) is 5.32 Å². The third kappa shape index (κ3) is 2.04. The smallest absolute Gasteiger partial charge is 0.275 e. The van der Waals surface area contributed by atoms with Gasteiger partial charge in [-0.3, -0.25) is 29.8 Å². The van der Waals surface area contributed by atoms with Gasteiger partial charge < -0.3 is 4.90 Å². The molecule has 1 fully saturated rings. The molecule has 0 spiro atoms. The van der Waals surface area contributed by atoms with Gasteiger partial charge in [0.2, 0.25) is 11.8 Å². The first-order valence-electron chi connectivity index (χ1n) is 7.52. The van der Waals surface area contributed by atoms with Crippen LogP contribution in [0.15, 0.2) is 18.2 Å². The van der Waals surface area contributed by atoms with E-state index in [-0.39, 0.29) is 23.4 Å². The molecule has 1 saturated heterocycles. The van der Waals surface area contributed by atoms with Gasteiger partial charge in [0, 0.05) is 15.2 Å². The second-order valence-corrected chi connectivity index (χ2v) is 4.54. The molecule has 0 saturated carbocycles. The van der Waals surface area contributed by atoms with Crippen LogP contribution in [0.3, 0.4) is 0 Å². The zero-order valence-electron chi connectivity index (χ0n) is 13.6. The summed E-state index contributed by atoms with van der Waals surface area (Å²) in [6.07, 6.45) is -3.37. The molecule has 3 rings (SSSR count). The SMILES string of the molecule is [2H]C1([2H])CC([2H])(N2Cc3c(cccc3[N+](=O)[O-])C2=O)C(=O)NC1=O. The molecule has 1 aromatic rings. The van der Waals surface area contributed by atoms with E-state index >= 15 is 0 Å². The molecule has 8 heteroatoms. The summed E-state index contributed by atoms with van der Waals surface area (Å²) in [5.74, 6) is -3.10. The lowest BCUT2D eigenvalue weighted by Crippen LogP contribution is -2.52. The molecule has 21 heavy (non-hydrogen) atoms. The molecule has 108 valence electrons. The summed E-state index contributed by atoms with van der Waals surface area (Å²) in [5, 5.41) is 12.8. The largest absolute Gasteiger partial charge is 0.322 e. The van der Waals surface area contributed by atoms with Gasteiger partial charge in [-0.1, -0.05) is 6.07 Å². The molecule has 2 aliphatic heterocycles. The Morgan fingerprint density at radius 2 is 2.19 bits per heavy atom. The van der Waals surface area contributed by atoms with Crippen molar-refractivity contribution in [2.24, 2.45) is 0 Å². The van der Waals surface area contributed by atoms with Gasteiger partial charge in [0.05, 0.1) is 24.0 Å². The molecule has 8 nitrogen and oxygen atoms in total. The number of benzene rings is 1. The Labute approximate surface area is 123 Å². The van der Waals surface area contributed by atoms with Gasteiger partial charge in [0.25, 0.3) is 11.6 Å². The van der Waals surface area contributed by atoms with Gasteiger partial charge in [-0.2, -0.15) is 0 Å². The minimum Gasteiger partial charge on any atom is -0.322 e. The van der Waals surface area contributed by atoms with Crippen LogP contribution < -0.4 is 5.32 Å². The molecule has 2 heterocycles. The number of imide groups is 1. The molecular weight excluding hydrogens is 278 g/mol. The minimum atomic E-state index is -2.52. The summed E-state index contributed by atoms with van der Waals surface area (Å²) < 4.78 is 23.5. The molecule has 0 radical (unpaired) electrons. The fourth-order valence-electron chi connectivity index (χ4n) is 2.39. The average molecular weight is 292 g/mol. The van der Waals surface area contributed by atoms with E-state index in [0.29, 0.717) is 0 Å². The van der Waals surface area contributed by atoms with Gasteiger partial charge in [-0.05, 0) is 12.5 Å². The van der Waals surface area contributed by atoms with Gasteiger partial charge in [-0.25, -0.2) is 0 Å². The lowest BCUT2D eigenvalue weighted by atomic mass is 10.0. The van der Waals surface area contributed by atoms with E-state index in [1.165, 1.54) is 18.2 Å². The van der Waals surface area contributed by atoms with Gasteiger partial charge in [0.1, 0.15) is 6.02 Å². The van der Waals surface area contributed by atoms with Crippen molar-refractivity contribution in [2.45, 2.75) is 25.4 Å². The van der Waals surface area contributed by atoms with E-state index in [9.17, 15) is 24.5 Å². The summed E-state index contributed by atoms with van der Waals surface area (Å²) in [5.41, 5.74) is -0.271. The predicted molar refractivity (Wildman–Crippen MR) is 69.1 cm³/mol. The van der Waals surface area contributed by atoms with Crippen molar-refractivity contribution >= 4 is 23.4 Å². The Bertz CT molecular complexity index is 812. The standard InChI is InChI=1S/C13H11N3O5/c17-11-5-4-10(12(18)14-11)15-6-8-7(13(15)19)2-1-3-9(8)16(20)21/h1-3,10H,4-6H2,(H,14,17,18)/i5D2,10D. The first kappa shape index (κ1) is 10.0. The molecule has 0 aliphatic carbocycles. The monoisotopic (exact) mass is 292 g/mol. The number of nitrogens with one attached hydrogen (secondary N) is 1. The zero-order valence-corrected chi connectivity index (χ0v) is 10.6. The predicted octanol–water partition coefficient (Wildman–Crippen LogP) is 0.356. The molecule has 1 atom stereocenters. The molecule has 0 aromatic heterocycles. The van der Waals surface area contributed by atoms with Crippen molar-refractivity contribution in [3.05, 3.63) is 39.4 Å². The number of nitro benzene ring substituents is 1. The maximum absolute atomic E-state index is 12.5. The van der Waals surface area contributed by atoms with Crippen molar-refractivity contribution in [3.8, 4) is 0 Å². The van der Waals surface area contributed by atoms with Crippen LogP contribution in [0.25, 0.3) is 0 Å². The van der Waals surface area contributed by atoms with E-state index in [1.807, 2.05) is 0 Å². The van der Waals surface area contributed by atoms with Gasteiger partial charge in [0.15, 0.2) is 0 Å². The molecule has 1 unspecified atom stereocenters. The lowest BCUT2D eigenvalue weighted by Gasteiger charge is -2.29. The molecular formula is C13H11N3O5. The third-order valence-corrected chi connectivity index (χ3v) is 3.37. The van der Waals surface area contributed by atoms with Crippen LogP contribution >= 0.6 is 0 Å². The number of nitro groups is 1. The lowest BCUT2D eigenvalue weighted by molar-refractivity contribution is -0.385. The number of amides is 3. The second-order valence-electron chi connectivity index (χ2n) is 4.54. The van der Waals surface area contributed by atoms with E-state index in [4.69, 9.17) is 4.11 Å². The van der Waals surface area contributed by atoms with Crippen LogP contribution in [0.2, 0.25) is 0 Å². The Morgan fingerprint density at radius 3 is 2.90 bits per heavy atom. The summed E-state index contributed by atoms with van der Waals surface area (Å²) in [4.78, 5) is 47.3. The van der Waals surface area contributed by atoms with Crippen LogP contribution in [-0.4, -0.2) is 33.6 Å². The number of hydrogen-bond donors (Lipinski definition) is 1. The average Bonchev–Trinajstić information content (AvgIpc) is 2.83. The summed E-state index contributed by atoms with van der Waals surface area (Å²) >= 11 is 0. The number of nitrogens with zero attached hydrogens (tertiary/aromatic N) is 2. The minimum absolute atomic E-state index is 0.0129. The van der Waals surface area contributed by atoms with Crippen molar-refractivity contribution in [1.82, 2.24) is 10.2 Å². The van der Waals surface area contributed by atoms with Crippen molar-refractivity contribution in [3.63, 3.8) is 0 Å². The maximum atomic E-state index is 12.5. The normalized spacial score (nSPS) is 29.2. The van der Waals surface area contributed by atoms with Crippen molar-refractivity contribution in [1.29, 1.82) is 0 Å². The third-order valence-electron chi connectivity index (χ3n) is 3.37. The van der Waals surface area contributed by atoms with Crippen LogP contribution in [0.5, 0.6) is 0 Å². The fraction of sp³-hybridized carbons (Fsp3) is 0.308. The Hall–Kier alpha value is -2.77. The van der Waals surface area contributed by atoms with Crippen LogP contribution in [0.1, 0.15) is 32.8 Å². The van der Waals surface area contributed by atoms with Crippen LogP contribution in [0.4, 0.5) is 5.69 Å². The van der Waals surface area contributed by atoms with Crippen molar-refractivity contribution in [2.75, 3.05) is 0 Å². The number of carbonyl (C=O) groups is 3. The summed E-state index contributed by atoms with van der Waals surface area (Å²) in [6, 6.07) is 1.49. The first-order valence-corrected chi connectivity index (χ1v) is 6.02. The fourth-order valence-corrected chi connectivity index (χ4v) is 2.39. The topological polar surface area (TPSA) is 110 Å². The van der Waals surface area contributed by atoms with E-state index in [0.717, 1.165) is 4.90 Å². The quantitative estimate of drug-likeness (QED) is 0.480. The number of rotatable bonds is 2. The number of carbonyl (C=O) groups excluding carboxylic acids is 3. The number of hydrogen-bond acceptors (Lipinski definition) is 5. The zero-order chi connectivity index (χ0) is 17.9. The highest BCUT2D eigenvalue weighted by molar-refractivity contribution is 6.05. The van der Waals surface area contributed by atoms with Crippen LogP contribution in [-0.2, 0) is 16.1 Å². The van der Waals surface area contributed by atoms with E-state index in [2.05, 4.69) is 0 Å². The summed E-state index contributed by atoms with van der Waals surface area (Å²) in [7, 11) is 0. The van der Waals surface area contributed by atoms with Gasteiger partial charge >= 0.3 is 0 Å². The molecule has 1 N–H and O–H groups in total. The molecule has 2 aliphatic rings. The first-order chi connectivity index (χ1) is 11.1. The number of piperidine rings is 1. The highest BCUT2D eigenvalue weighted by Crippen LogP contribution is 2.33. The Kier molecular flexibility index (Phi) is 2.22. The second kappa shape index (κ2) is 4.65. The van der Waals surface area contributed by atoms with E-state index < -0.39 is 41.5 Å². The van der Waals surface area contributed by atoms with Crippen molar-refractivity contribution < 1.29 is 23.4 Å². The maximum Gasteiger partial charge on any atom is 0.275 e. The van der Waals surface area contributed by atoms with Gasteiger partial charge in [-0.15, -0.1) is 0 Å². The highest BCUT2D eigenvalue weighted by atomic mass is 16.6. The Balaban J connectivity index is 2.04. The Morgan fingerprint density at radius 1 is 1.43 bits per heavy atom. The number of fused-ring (bicyclic) bond motifs is 1. The van der Waals surface area contributed by atoms with Crippen LogP contribution in [0, 0.1) is 10.1 Å². The molecule has 1 aromatic carbocycles. The summed E-state index contributed by atoms with van der Waals surface area (Å²) in [6.45, 7) is -0.382. The molecule has 0 bridgehead atoms. The molecule has 3 amide bonds. The highest BCUT2D eigenvalue weighted by Gasteiger charge is 2.41.